The molecule has 10 heteroatoms. The van der Waals surface area contributed by atoms with E-state index in [1.165, 1.54) is 18.2 Å². The fraction of sp³-hybridized carbons (Fsp3) is 0.120. The normalized spacial score (nSPS) is 12.0. The summed E-state index contributed by atoms with van der Waals surface area (Å²) in [6.07, 6.45) is -0.692. The van der Waals surface area contributed by atoms with Gasteiger partial charge in [0.1, 0.15) is 18.1 Å². The summed E-state index contributed by atoms with van der Waals surface area (Å²) in [6.45, 7) is 0.138. The molecule has 4 aromatic rings. The van der Waals surface area contributed by atoms with Crippen molar-refractivity contribution in [1.29, 1.82) is 0 Å². The maximum Gasteiger partial charge on any atom is 0.412 e. The van der Waals surface area contributed by atoms with Gasteiger partial charge in [-0.25, -0.2) is 9.59 Å². The predicted molar refractivity (Wildman–Crippen MR) is 124 cm³/mol. The predicted octanol–water partition coefficient (Wildman–Crippen LogP) is 3.99. The van der Waals surface area contributed by atoms with Crippen molar-refractivity contribution in [3.8, 4) is 11.1 Å². The number of furan rings is 1. The summed E-state index contributed by atoms with van der Waals surface area (Å²) >= 11 is 0. The Bertz CT molecular complexity index is 1380. The molecular formula is C25H20N4O6. The Morgan fingerprint density at radius 2 is 1.69 bits per heavy atom. The number of carbonyl (C=O) groups excluding carboxylic acids is 2. The number of fused-ring (bicyclic) bond motifs is 3. The topological polar surface area (TPSA) is 147 Å². The van der Waals surface area contributed by atoms with Crippen LogP contribution in [0.2, 0.25) is 0 Å². The molecule has 0 spiro atoms. The first-order chi connectivity index (χ1) is 17.0. The minimum Gasteiger partial charge on any atom is -0.475 e. The Kier molecular flexibility index (Phi) is 5.76. The average Bonchev–Trinajstić information content (AvgIpc) is 3.59. The maximum atomic E-state index is 12.4. The molecule has 4 N–H and O–H groups in total. The molecule has 35 heavy (non-hydrogen) atoms. The quantitative estimate of drug-likeness (QED) is 0.318. The molecule has 0 bridgehead atoms. The van der Waals surface area contributed by atoms with Gasteiger partial charge < -0.3 is 19.6 Å². The number of aromatic nitrogens is 2. The third kappa shape index (κ3) is 4.49. The van der Waals surface area contributed by atoms with Crippen LogP contribution in [0.4, 0.5) is 10.6 Å². The van der Waals surface area contributed by atoms with Crippen molar-refractivity contribution in [2.75, 3.05) is 11.9 Å². The zero-order valence-electron chi connectivity index (χ0n) is 18.3. The largest absolute Gasteiger partial charge is 0.475 e. The first kappa shape index (κ1) is 22.0. The summed E-state index contributed by atoms with van der Waals surface area (Å²) in [5.74, 6) is -1.58. The van der Waals surface area contributed by atoms with Crippen LogP contribution in [-0.4, -0.2) is 39.9 Å². The van der Waals surface area contributed by atoms with Crippen molar-refractivity contribution in [1.82, 2.24) is 15.5 Å². The second kappa shape index (κ2) is 9.18. The van der Waals surface area contributed by atoms with E-state index in [0.29, 0.717) is 0 Å². The number of amides is 2. The SMILES string of the molecule is O=C(Nc1cc(C(=O)NCc2ccc(C(=O)O)o2)[nH]n1)OCC1c2ccccc2-c2ccccc21. The summed E-state index contributed by atoms with van der Waals surface area (Å²) in [4.78, 5) is 35.6. The van der Waals surface area contributed by atoms with Crippen LogP contribution < -0.4 is 10.6 Å². The average molecular weight is 472 g/mol. The van der Waals surface area contributed by atoms with Gasteiger partial charge in [0.25, 0.3) is 5.91 Å². The first-order valence-electron chi connectivity index (χ1n) is 10.8. The van der Waals surface area contributed by atoms with Gasteiger partial charge in [-0.15, -0.1) is 0 Å². The molecule has 1 aliphatic rings. The fourth-order valence-corrected chi connectivity index (χ4v) is 4.09. The molecule has 0 radical (unpaired) electrons. The van der Waals surface area contributed by atoms with Crippen LogP contribution in [0, 0.1) is 0 Å². The van der Waals surface area contributed by atoms with Crippen molar-refractivity contribution >= 4 is 23.8 Å². The molecule has 1 aliphatic carbocycles. The fourth-order valence-electron chi connectivity index (χ4n) is 4.09. The van der Waals surface area contributed by atoms with E-state index in [1.54, 1.807) is 0 Å². The van der Waals surface area contributed by atoms with Gasteiger partial charge in [0.05, 0.1) is 6.54 Å². The van der Waals surface area contributed by atoms with Gasteiger partial charge in [0, 0.05) is 12.0 Å². The number of nitrogens with zero attached hydrogens (tertiary/aromatic N) is 1. The number of hydrogen-bond acceptors (Lipinski definition) is 6. The van der Waals surface area contributed by atoms with Crippen molar-refractivity contribution < 1.29 is 28.6 Å². The molecule has 176 valence electrons. The van der Waals surface area contributed by atoms with Gasteiger partial charge in [-0.2, -0.15) is 5.10 Å². The van der Waals surface area contributed by atoms with E-state index in [-0.39, 0.29) is 42.1 Å². The Balaban J connectivity index is 1.16. The molecule has 0 atom stereocenters. The number of nitrogens with one attached hydrogen (secondary N) is 3. The van der Waals surface area contributed by atoms with Gasteiger partial charge in [-0.1, -0.05) is 48.5 Å². The third-order valence-corrected chi connectivity index (χ3v) is 5.69. The summed E-state index contributed by atoms with van der Waals surface area (Å²) in [5.41, 5.74) is 4.58. The molecule has 0 fully saturated rings. The lowest BCUT2D eigenvalue weighted by molar-refractivity contribution is 0.0660. The van der Waals surface area contributed by atoms with Crippen LogP contribution in [-0.2, 0) is 11.3 Å². The molecule has 0 aliphatic heterocycles. The highest BCUT2D eigenvalue weighted by Gasteiger charge is 2.29. The molecule has 2 amide bonds. The monoisotopic (exact) mass is 472 g/mol. The highest BCUT2D eigenvalue weighted by Crippen LogP contribution is 2.44. The number of aromatic amines is 1. The smallest absolute Gasteiger partial charge is 0.412 e. The summed E-state index contributed by atoms with van der Waals surface area (Å²) < 4.78 is 10.6. The Hall–Kier alpha value is -4.86. The number of carboxylic acid groups (broad SMARTS) is 1. The van der Waals surface area contributed by atoms with Crippen LogP contribution in [0.5, 0.6) is 0 Å². The number of carboxylic acids is 1. The van der Waals surface area contributed by atoms with Gasteiger partial charge in [0.2, 0.25) is 5.76 Å². The maximum absolute atomic E-state index is 12.4. The Morgan fingerprint density at radius 3 is 2.34 bits per heavy atom. The van der Waals surface area contributed by atoms with E-state index in [1.807, 2.05) is 36.4 Å². The zero-order chi connectivity index (χ0) is 24.4. The molecule has 5 rings (SSSR count). The number of rotatable bonds is 7. The standard InChI is InChI=1S/C25H20N4O6/c30-23(26-12-14-9-10-21(35-14)24(31)32)20-11-22(29-28-20)27-25(33)34-13-19-17-7-3-1-5-15(17)16-6-2-4-8-18(16)19/h1-11,19H,12-13H2,(H,26,30)(H,31,32)(H2,27,28,29,33). The van der Waals surface area contributed by atoms with E-state index in [2.05, 4.69) is 33.0 Å². The number of anilines is 1. The number of hydrogen-bond donors (Lipinski definition) is 4. The molecule has 0 unspecified atom stereocenters. The van der Waals surface area contributed by atoms with Crippen molar-refractivity contribution in [3.63, 3.8) is 0 Å². The van der Waals surface area contributed by atoms with Gasteiger partial charge in [0.15, 0.2) is 5.82 Å². The Morgan fingerprint density at radius 1 is 1.00 bits per heavy atom. The molecule has 2 aromatic heterocycles. The molecule has 2 aromatic carbocycles. The first-order valence-corrected chi connectivity index (χ1v) is 10.8. The Labute approximate surface area is 198 Å². The molecule has 2 heterocycles. The lowest BCUT2D eigenvalue weighted by atomic mass is 9.98. The minimum atomic E-state index is -1.19. The number of H-pyrrole nitrogens is 1. The van der Waals surface area contributed by atoms with Crippen LogP contribution in [0.25, 0.3) is 11.1 Å². The highest BCUT2D eigenvalue weighted by molar-refractivity contribution is 5.94. The van der Waals surface area contributed by atoms with E-state index in [0.717, 1.165) is 22.3 Å². The lowest BCUT2D eigenvalue weighted by Gasteiger charge is -2.14. The second-order valence-corrected chi connectivity index (χ2v) is 7.87. The van der Waals surface area contributed by atoms with Crippen molar-refractivity contribution in [2.24, 2.45) is 0 Å². The van der Waals surface area contributed by atoms with Crippen LogP contribution in [0.15, 0.2) is 71.1 Å². The van der Waals surface area contributed by atoms with Crippen LogP contribution in [0.3, 0.4) is 0 Å². The van der Waals surface area contributed by atoms with Crippen molar-refractivity contribution in [3.05, 3.63) is 95.1 Å². The number of aromatic carboxylic acids is 1. The van der Waals surface area contributed by atoms with E-state index in [9.17, 15) is 14.4 Å². The van der Waals surface area contributed by atoms with Gasteiger partial charge >= 0.3 is 12.1 Å². The number of benzene rings is 2. The molecule has 10 nitrogen and oxygen atoms in total. The zero-order valence-corrected chi connectivity index (χ0v) is 18.3. The molecule has 0 saturated carbocycles. The summed E-state index contributed by atoms with van der Waals surface area (Å²) in [6, 6.07) is 20.2. The van der Waals surface area contributed by atoms with Crippen molar-refractivity contribution in [2.45, 2.75) is 12.5 Å². The number of ether oxygens (including phenoxy) is 1. The van der Waals surface area contributed by atoms with Gasteiger partial charge in [-0.3, -0.25) is 15.2 Å². The minimum absolute atomic E-state index is 0.0136. The summed E-state index contributed by atoms with van der Waals surface area (Å²) in [7, 11) is 0. The molecule has 0 saturated heterocycles. The van der Waals surface area contributed by atoms with E-state index in [4.69, 9.17) is 14.3 Å². The van der Waals surface area contributed by atoms with Gasteiger partial charge in [-0.05, 0) is 34.4 Å². The number of carbonyl (C=O) groups is 3. The van der Waals surface area contributed by atoms with Crippen LogP contribution >= 0.6 is 0 Å². The lowest BCUT2D eigenvalue weighted by Crippen LogP contribution is -2.22. The summed E-state index contributed by atoms with van der Waals surface area (Å²) in [5, 5.41) is 20.4. The second-order valence-electron chi connectivity index (χ2n) is 7.87. The van der Waals surface area contributed by atoms with E-state index >= 15 is 0 Å². The third-order valence-electron chi connectivity index (χ3n) is 5.69. The van der Waals surface area contributed by atoms with Crippen LogP contribution in [0.1, 0.15) is 43.8 Å². The molecular weight excluding hydrogens is 452 g/mol. The van der Waals surface area contributed by atoms with E-state index < -0.39 is 18.0 Å². The highest BCUT2D eigenvalue weighted by atomic mass is 16.5.